The molecule has 0 saturated carbocycles. The van der Waals surface area contributed by atoms with Crippen LogP contribution in [0.4, 0.5) is 11.4 Å². The number of rotatable bonds is 2. The molecular weight excluding hydrogens is 195 g/mol. The quantitative estimate of drug-likeness (QED) is 0.734. The van der Waals surface area contributed by atoms with Crippen molar-refractivity contribution in [3.63, 3.8) is 0 Å². The molecule has 1 aromatic carbocycles. The van der Waals surface area contributed by atoms with Crippen molar-refractivity contribution in [1.82, 2.24) is 0 Å². The second kappa shape index (κ2) is 7.07. The number of para-hydroxylation sites is 2. The number of anilines is 2. The summed E-state index contributed by atoms with van der Waals surface area (Å²) in [6.07, 6.45) is 0. The van der Waals surface area contributed by atoms with Crippen molar-refractivity contribution in [3.05, 3.63) is 24.3 Å². The van der Waals surface area contributed by atoms with Crippen molar-refractivity contribution in [2.24, 2.45) is 0 Å². The lowest BCUT2D eigenvalue weighted by molar-refractivity contribution is 1.21. The zero-order valence-corrected chi connectivity index (χ0v) is 8.54. The van der Waals surface area contributed by atoms with Crippen molar-refractivity contribution in [2.75, 3.05) is 17.6 Å². The Morgan fingerprint density at radius 2 is 1.83 bits per heavy atom. The van der Waals surface area contributed by atoms with Gasteiger partial charge >= 0.3 is 0 Å². The highest BCUT2D eigenvalue weighted by Crippen LogP contribution is 2.15. The number of hydrogen-bond acceptors (Lipinski definition) is 2. The highest BCUT2D eigenvalue weighted by atomic mass is 35.5. The Labute approximate surface area is 85.4 Å². The number of nitrogen functional groups attached to an aromatic ring is 1. The van der Waals surface area contributed by atoms with Gasteiger partial charge in [0.1, 0.15) is 0 Å². The summed E-state index contributed by atoms with van der Waals surface area (Å²) < 4.78 is 0. The van der Waals surface area contributed by atoms with Gasteiger partial charge in [-0.2, -0.15) is 0 Å². The van der Waals surface area contributed by atoms with Gasteiger partial charge in [0, 0.05) is 6.54 Å². The van der Waals surface area contributed by atoms with Crippen molar-refractivity contribution < 1.29 is 0 Å². The first-order valence-corrected chi connectivity index (χ1v) is 3.43. The zero-order valence-electron chi connectivity index (χ0n) is 6.91. The van der Waals surface area contributed by atoms with Crippen LogP contribution in [-0.2, 0) is 0 Å². The lowest BCUT2D eigenvalue weighted by atomic mass is 10.3. The van der Waals surface area contributed by atoms with E-state index >= 15 is 0 Å². The van der Waals surface area contributed by atoms with E-state index in [-0.39, 0.29) is 24.8 Å². The lowest BCUT2D eigenvalue weighted by Crippen LogP contribution is -1.99. The molecule has 0 aliphatic heterocycles. The van der Waals surface area contributed by atoms with Gasteiger partial charge in [-0.3, -0.25) is 0 Å². The Morgan fingerprint density at radius 1 is 1.25 bits per heavy atom. The molecule has 3 N–H and O–H groups in total. The standard InChI is InChI=1S/C8H12N2.2ClH/c1-2-10-8-6-4-3-5-7(8)9;;/h3-6,10H,2,9H2,1H3;2*1H. The van der Waals surface area contributed by atoms with E-state index < -0.39 is 0 Å². The van der Waals surface area contributed by atoms with Crippen LogP contribution in [0.25, 0.3) is 0 Å². The number of benzene rings is 1. The van der Waals surface area contributed by atoms with Gasteiger partial charge in [-0.15, -0.1) is 24.8 Å². The fraction of sp³-hybridized carbons (Fsp3) is 0.250. The molecule has 0 atom stereocenters. The van der Waals surface area contributed by atoms with Crippen LogP contribution >= 0.6 is 24.8 Å². The molecule has 0 aliphatic rings. The predicted octanol–water partition coefficient (Wildman–Crippen LogP) is 2.54. The minimum atomic E-state index is 0. The number of halogens is 2. The molecule has 0 aromatic heterocycles. The van der Waals surface area contributed by atoms with Gasteiger partial charge < -0.3 is 11.1 Å². The van der Waals surface area contributed by atoms with Gasteiger partial charge in [0.2, 0.25) is 0 Å². The fourth-order valence-corrected chi connectivity index (χ4v) is 0.848. The summed E-state index contributed by atoms with van der Waals surface area (Å²) in [4.78, 5) is 0. The summed E-state index contributed by atoms with van der Waals surface area (Å²) in [5.41, 5.74) is 7.47. The summed E-state index contributed by atoms with van der Waals surface area (Å²) in [6, 6.07) is 7.75. The zero-order chi connectivity index (χ0) is 7.40. The van der Waals surface area contributed by atoms with E-state index in [1.165, 1.54) is 0 Å². The van der Waals surface area contributed by atoms with Gasteiger partial charge in [0.25, 0.3) is 0 Å². The maximum atomic E-state index is 5.64. The Hall–Kier alpha value is -0.600. The molecule has 0 fully saturated rings. The first kappa shape index (κ1) is 14.0. The molecule has 0 amide bonds. The van der Waals surface area contributed by atoms with Crippen molar-refractivity contribution in [3.8, 4) is 0 Å². The van der Waals surface area contributed by atoms with E-state index in [9.17, 15) is 0 Å². The monoisotopic (exact) mass is 208 g/mol. The first-order valence-electron chi connectivity index (χ1n) is 3.43. The van der Waals surface area contributed by atoms with E-state index in [4.69, 9.17) is 5.73 Å². The van der Waals surface area contributed by atoms with E-state index in [1.54, 1.807) is 0 Å². The molecule has 70 valence electrons. The average Bonchev–Trinajstić information content (AvgIpc) is 1.94. The van der Waals surface area contributed by atoms with Crippen LogP contribution in [0.3, 0.4) is 0 Å². The second-order valence-corrected chi connectivity index (χ2v) is 2.12. The van der Waals surface area contributed by atoms with Crippen LogP contribution in [0.15, 0.2) is 24.3 Å². The number of nitrogens with two attached hydrogens (primary N) is 1. The van der Waals surface area contributed by atoms with Crippen LogP contribution in [-0.4, -0.2) is 6.54 Å². The van der Waals surface area contributed by atoms with E-state index in [1.807, 2.05) is 31.2 Å². The van der Waals surface area contributed by atoms with E-state index in [0.29, 0.717) is 0 Å². The molecule has 12 heavy (non-hydrogen) atoms. The van der Waals surface area contributed by atoms with Gasteiger partial charge in [-0.1, -0.05) is 12.1 Å². The van der Waals surface area contributed by atoms with Crippen LogP contribution < -0.4 is 11.1 Å². The van der Waals surface area contributed by atoms with E-state index in [2.05, 4.69) is 5.32 Å². The maximum absolute atomic E-state index is 5.64. The highest BCUT2D eigenvalue weighted by Gasteiger charge is 1.91. The molecule has 0 radical (unpaired) electrons. The van der Waals surface area contributed by atoms with Crippen molar-refractivity contribution >= 4 is 36.2 Å². The predicted molar refractivity (Wildman–Crippen MR) is 59.5 cm³/mol. The first-order chi connectivity index (χ1) is 4.84. The average molecular weight is 209 g/mol. The molecule has 0 spiro atoms. The second-order valence-electron chi connectivity index (χ2n) is 2.12. The summed E-state index contributed by atoms with van der Waals surface area (Å²) in [6.45, 7) is 2.96. The Bertz CT molecular complexity index is 216. The molecule has 0 heterocycles. The molecule has 2 nitrogen and oxygen atoms in total. The molecule has 0 saturated heterocycles. The number of hydrogen-bond donors (Lipinski definition) is 2. The normalized spacial score (nSPS) is 7.75. The minimum Gasteiger partial charge on any atom is -0.397 e. The third-order valence-corrected chi connectivity index (χ3v) is 1.33. The summed E-state index contributed by atoms with van der Waals surface area (Å²) in [7, 11) is 0. The van der Waals surface area contributed by atoms with E-state index in [0.717, 1.165) is 17.9 Å². The van der Waals surface area contributed by atoms with Gasteiger partial charge in [-0.05, 0) is 19.1 Å². The highest BCUT2D eigenvalue weighted by molar-refractivity contribution is 5.85. The van der Waals surface area contributed by atoms with Crippen LogP contribution in [0.2, 0.25) is 0 Å². The molecule has 1 rings (SSSR count). The molecule has 4 heteroatoms. The Kier molecular flexibility index (Phi) is 8.22. The largest absolute Gasteiger partial charge is 0.397 e. The van der Waals surface area contributed by atoms with Crippen molar-refractivity contribution in [2.45, 2.75) is 6.92 Å². The smallest absolute Gasteiger partial charge is 0.0573 e. The Balaban J connectivity index is 0. The maximum Gasteiger partial charge on any atom is 0.0573 e. The summed E-state index contributed by atoms with van der Waals surface area (Å²) >= 11 is 0. The minimum absolute atomic E-state index is 0. The van der Waals surface area contributed by atoms with Crippen molar-refractivity contribution in [1.29, 1.82) is 0 Å². The van der Waals surface area contributed by atoms with Gasteiger partial charge in [0.15, 0.2) is 0 Å². The fourth-order valence-electron chi connectivity index (χ4n) is 0.848. The van der Waals surface area contributed by atoms with Gasteiger partial charge in [-0.25, -0.2) is 0 Å². The van der Waals surface area contributed by atoms with Crippen LogP contribution in [0, 0.1) is 0 Å². The lowest BCUT2D eigenvalue weighted by Gasteiger charge is -2.04. The third-order valence-electron chi connectivity index (χ3n) is 1.33. The third kappa shape index (κ3) is 3.69. The Morgan fingerprint density at radius 3 is 2.33 bits per heavy atom. The topological polar surface area (TPSA) is 38.0 Å². The van der Waals surface area contributed by atoms with Crippen LogP contribution in [0.5, 0.6) is 0 Å². The summed E-state index contributed by atoms with van der Waals surface area (Å²) in [5, 5.41) is 3.15. The van der Waals surface area contributed by atoms with Gasteiger partial charge in [0.05, 0.1) is 11.4 Å². The molecular formula is C8H14Cl2N2. The number of nitrogens with one attached hydrogen (secondary N) is 1. The molecule has 0 bridgehead atoms. The summed E-state index contributed by atoms with van der Waals surface area (Å²) in [5.74, 6) is 0. The molecule has 0 unspecified atom stereocenters. The molecule has 1 aromatic rings. The molecule has 0 aliphatic carbocycles. The van der Waals surface area contributed by atoms with Crippen LogP contribution in [0.1, 0.15) is 6.92 Å². The SMILES string of the molecule is CCNc1ccccc1N.Cl.Cl.